The molecule has 0 spiro atoms. The molecule has 0 aromatic heterocycles. The molecule has 1 N–H and O–H groups in total. The summed E-state index contributed by atoms with van der Waals surface area (Å²) in [4.78, 5) is 2.71. The third-order valence-corrected chi connectivity index (χ3v) is 4.34. The van der Waals surface area contributed by atoms with Gasteiger partial charge in [0.1, 0.15) is 0 Å². The third-order valence-electron chi connectivity index (χ3n) is 4.34. The predicted molar refractivity (Wildman–Crippen MR) is 93.7 cm³/mol. The predicted octanol–water partition coefficient (Wildman–Crippen LogP) is 4.63. The highest BCUT2D eigenvalue weighted by atomic mass is 15.2. The molecule has 0 aliphatic heterocycles. The molecule has 2 nitrogen and oxygen atoms in total. The topological polar surface area (TPSA) is 15.3 Å². The van der Waals surface area contributed by atoms with Gasteiger partial charge in [-0.05, 0) is 45.0 Å². The fraction of sp³-hybridized carbons (Fsp3) is 0.684. The van der Waals surface area contributed by atoms with E-state index in [0.29, 0.717) is 12.1 Å². The Kier molecular flexibility index (Phi) is 9.36. The van der Waals surface area contributed by atoms with Crippen molar-refractivity contribution in [3.63, 3.8) is 0 Å². The molecule has 120 valence electrons. The van der Waals surface area contributed by atoms with E-state index >= 15 is 0 Å². The van der Waals surface area contributed by atoms with Gasteiger partial charge in [0.15, 0.2) is 0 Å². The van der Waals surface area contributed by atoms with Gasteiger partial charge in [-0.3, -0.25) is 4.90 Å². The molecule has 21 heavy (non-hydrogen) atoms. The summed E-state index contributed by atoms with van der Waals surface area (Å²) in [6.45, 7) is 9.33. The Bertz CT molecular complexity index is 342. The minimum absolute atomic E-state index is 0.421. The van der Waals surface area contributed by atoms with Crippen molar-refractivity contribution in [2.75, 3.05) is 20.1 Å². The van der Waals surface area contributed by atoms with Crippen LogP contribution in [0, 0.1) is 0 Å². The molecule has 0 amide bonds. The van der Waals surface area contributed by atoms with Crippen molar-refractivity contribution in [2.24, 2.45) is 0 Å². The average molecular weight is 290 g/mol. The summed E-state index contributed by atoms with van der Waals surface area (Å²) >= 11 is 0. The van der Waals surface area contributed by atoms with Gasteiger partial charge in [0, 0.05) is 12.1 Å². The Morgan fingerprint density at radius 3 is 1.95 bits per heavy atom. The van der Waals surface area contributed by atoms with Crippen molar-refractivity contribution in [2.45, 2.75) is 65.0 Å². The molecule has 0 aliphatic carbocycles. The van der Waals surface area contributed by atoms with Gasteiger partial charge < -0.3 is 5.32 Å². The van der Waals surface area contributed by atoms with Gasteiger partial charge in [0.05, 0.1) is 0 Å². The molecule has 1 aromatic rings. The second-order valence-corrected chi connectivity index (χ2v) is 5.90. The van der Waals surface area contributed by atoms with E-state index in [1.807, 2.05) is 0 Å². The maximum Gasteiger partial charge on any atom is 0.0475 e. The largest absolute Gasteiger partial charge is 0.312 e. The van der Waals surface area contributed by atoms with Crippen molar-refractivity contribution >= 4 is 0 Å². The van der Waals surface area contributed by atoms with Crippen molar-refractivity contribution in [3.05, 3.63) is 35.9 Å². The van der Waals surface area contributed by atoms with E-state index in [1.165, 1.54) is 50.8 Å². The van der Waals surface area contributed by atoms with Gasteiger partial charge in [0.25, 0.3) is 0 Å². The number of likely N-dealkylation sites (N-methyl/N-ethyl adjacent to an activating group) is 1. The van der Waals surface area contributed by atoms with Crippen molar-refractivity contribution in [1.82, 2.24) is 10.2 Å². The van der Waals surface area contributed by atoms with Gasteiger partial charge in [-0.1, -0.05) is 63.9 Å². The van der Waals surface area contributed by atoms with Gasteiger partial charge in [-0.2, -0.15) is 0 Å². The van der Waals surface area contributed by atoms with E-state index < -0.39 is 0 Å². The highest BCUT2D eigenvalue weighted by Crippen LogP contribution is 2.24. The molecule has 0 bridgehead atoms. The highest BCUT2D eigenvalue weighted by Gasteiger charge is 2.25. The van der Waals surface area contributed by atoms with E-state index in [2.05, 4.69) is 68.4 Å². The molecule has 1 rings (SSSR count). The second kappa shape index (κ2) is 10.8. The maximum atomic E-state index is 3.56. The lowest BCUT2D eigenvalue weighted by atomic mass is 9.95. The smallest absolute Gasteiger partial charge is 0.0475 e. The summed E-state index contributed by atoms with van der Waals surface area (Å²) in [6.07, 6.45) is 6.33. The van der Waals surface area contributed by atoms with Crippen LogP contribution >= 0.6 is 0 Å². The maximum absolute atomic E-state index is 3.56. The number of rotatable bonds is 11. The van der Waals surface area contributed by atoms with Crippen LogP contribution in [-0.2, 0) is 0 Å². The quantitative estimate of drug-likeness (QED) is 0.639. The minimum Gasteiger partial charge on any atom is -0.312 e. The monoisotopic (exact) mass is 290 g/mol. The van der Waals surface area contributed by atoms with Gasteiger partial charge in [-0.25, -0.2) is 0 Å². The molecule has 0 saturated heterocycles. The Balaban J connectivity index is 2.87. The number of hydrogen-bond donors (Lipinski definition) is 1. The zero-order valence-corrected chi connectivity index (χ0v) is 14.4. The van der Waals surface area contributed by atoms with Crippen LogP contribution in [0.4, 0.5) is 0 Å². The fourth-order valence-electron chi connectivity index (χ4n) is 3.11. The van der Waals surface area contributed by atoms with Crippen LogP contribution in [0.2, 0.25) is 0 Å². The van der Waals surface area contributed by atoms with Crippen molar-refractivity contribution in [3.8, 4) is 0 Å². The molecule has 0 fully saturated rings. The third kappa shape index (κ3) is 5.80. The first kappa shape index (κ1) is 18.2. The zero-order chi connectivity index (χ0) is 15.5. The first-order valence-electron chi connectivity index (χ1n) is 8.74. The Labute approximate surface area is 131 Å². The summed E-state index contributed by atoms with van der Waals surface area (Å²) < 4.78 is 0. The minimum atomic E-state index is 0.421. The first-order valence-corrected chi connectivity index (χ1v) is 8.74. The molecule has 0 radical (unpaired) electrons. The summed E-state index contributed by atoms with van der Waals surface area (Å²) in [5.41, 5.74) is 1.41. The second-order valence-electron chi connectivity index (χ2n) is 5.90. The standard InChI is InChI=1S/C19H34N2/c1-5-8-15-21(16-9-6-2)18(7-3)19(20-4)17-13-11-10-12-14-17/h10-14,18-20H,5-9,15-16H2,1-4H3. The fourth-order valence-corrected chi connectivity index (χ4v) is 3.11. The van der Waals surface area contributed by atoms with Gasteiger partial charge in [0.2, 0.25) is 0 Å². The molecule has 2 heteroatoms. The van der Waals surface area contributed by atoms with Crippen molar-refractivity contribution < 1.29 is 0 Å². The number of nitrogens with zero attached hydrogens (tertiary/aromatic N) is 1. The normalized spacial score (nSPS) is 14.3. The van der Waals surface area contributed by atoms with E-state index in [4.69, 9.17) is 0 Å². The van der Waals surface area contributed by atoms with Crippen LogP contribution in [0.1, 0.15) is 64.5 Å². The van der Waals surface area contributed by atoms with E-state index in [-0.39, 0.29) is 0 Å². The van der Waals surface area contributed by atoms with Crippen molar-refractivity contribution in [1.29, 1.82) is 0 Å². The molecule has 0 saturated carbocycles. The average Bonchev–Trinajstić information content (AvgIpc) is 2.54. The number of benzene rings is 1. The molecule has 0 aliphatic rings. The van der Waals surface area contributed by atoms with Crippen LogP contribution in [0.3, 0.4) is 0 Å². The van der Waals surface area contributed by atoms with Crippen LogP contribution < -0.4 is 5.32 Å². The molecular weight excluding hydrogens is 256 g/mol. The van der Waals surface area contributed by atoms with E-state index in [1.54, 1.807) is 0 Å². The number of hydrogen-bond acceptors (Lipinski definition) is 2. The highest BCUT2D eigenvalue weighted by molar-refractivity contribution is 5.20. The Morgan fingerprint density at radius 1 is 0.952 bits per heavy atom. The summed E-state index contributed by atoms with van der Waals surface area (Å²) in [7, 11) is 2.10. The summed E-state index contributed by atoms with van der Waals surface area (Å²) in [5.74, 6) is 0. The van der Waals surface area contributed by atoms with Gasteiger partial charge >= 0.3 is 0 Å². The zero-order valence-electron chi connectivity index (χ0n) is 14.4. The molecule has 2 unspecified atom stereocenters. The van der Waals surface area contributed by atoms with Crippen LogP contribution in [-0.4, -0.2) is 31.1 Å². The van der Waals surface area contributed by atoms with Crippen LogP contribution in [0.25, 0.3) is 0 Å². The summed E-state index contributed by atoms with van der Waals surface area (Å²) in [5, 5.41) is 3.56. The Hall–Kier alpha value is -0.860. The lowest BCUT2D eigenvalue weighted by Crippen LogP contribution is -2.44. The molecule has 0 heterocycles. The molecule has 2 atom stereocenters. The molecule has 1 aromatic carbocycles. The lowest BCUT2D eigenvalue weighted by molar-refractivity contribution is 0.150. The van der Waals surface area contributed by atoms with E-state index in [9.17, 15) is 0 Å². The first-order chi connectivity index (χ1) is 10.3. The SMILES string of the molecule is CCCCN(CCCC)C(CC)C(NC)c1ccccc1. The van der Waals surface area contributed by atoms with E-state index in [0.717, 1.165) is 0 Å². The number of unbranched alkanes of at least 4 members (excludes halogenated alkanes) is 2. The Morgan fingerprint density at radius 2 is 1.52 bits per heavy atom. The molecular formula is C19H34N2. The number of nitrogens with one attached hydrogen (secondary N) is 1. The van der Waals surface area contributed by atoms with Crippen LogP contribution in [0.15, 0.2) is 30.3 Å². The van der Waals surface area contributed by atoms with Crippen LogP contribution in [0.5, 0.6) is 0 Å². The lowest BCUT2D eigenvalue weighted by Gasteiger charge is -2.37. The summed E-state index contributed by atoms with van der Waals surface area (Å²) in [6, 6.07) is 11.9. The van der Waals surface area contributed by atoms with Gasteiger partial charge in [-0.15, -0.1) is 0 Å².